The predicted molar refractivity (Wildman–Crippen MR) is 97.7 cm³/mol. The highest BCUT2D eigenvalue weighted by atomic mass is 16.5. The van der Waals surface area contributed by atoms with Gasteiger partial charge in [-0.2, -0.15) is 0 Å². The number of ether oxygens (including phenoxy) is 1. The van der Waals surface area contributed by atoms with E-state index in [1.54, 1.807) is 4.90 Å². The number of amides is 2. The van der Waals surface area contributed by atoms with Gasteiger partial charge in [-0.1, -0.05) is 13.8 Å². The van der Waals surface area contributed by atoms with E-state index in [1.807, 2.05) is 29.2 Å². The summed E-state index contributed by atoms with van der Waals surface area (Å²) in [6.45, 7) is 7.13. The number of rotatable bonds is 5. The monoisotopic (exact) mass is 344 g/mol. The highest BCUT2D eigenvalue weighted by molar-refractivity contribution is 6.00. The van der Waals surface area contributed by atoms with E-state index in [9.17, 15) is 9.59 Å². The minimum Gasteiger partial charge on any atom is -0.494 e. The van der Waals surface area contributed by atoms with Crippen molar-refractivity contribution in [3.05, 3.63) is 24.3 Å². The van der Waals surface area contributed by atoms with Gasteiger partial charge in [0.2, 0.25) is 11.8 Å². The summed E-state index contributed by atoms with van der Waals surface area (Å²) in [5, 5.41) is 0. The van der Waals surface area contributed by atoms with Crippen LogP contribution < -0.4 is 9.64 Å². The van der Waals surface area contributed by atoms with E-state index in [2.05, 4.69) is 13.8 Å². The molecule has 1 aromatic rings. The first-order valence-electron chi connectivity index (χ1n) is 9.40. The molecule has 5 nitrogen and oxygen atoms in total. The van der Waals surface area contributed by atoms with Crippen LogP contribution in [0.2, 0.25) is 0 Å². The zero-order valence-electron chi connectivity index (χ0n) is 15.2. The standard InChI is InChI=1S/C20H28N2O3/c1-3-12-25-18-6-4-17(5-7-18)22-14-16(13-19(22)23)20(24)21-10-8-15(2)9-11-21/h4-7,15-16H,3,8-14H2,1-2H3. The maximum atomic E-state index is 12.7. The Labute approximate surface area is 149 Å². The van der Waals surface area contributed by atoms with Crippen molar-refractivity contribution in [2.24, 2.45) is 11.8 Å². The van der Waals surface area contributed by atoms with Crippen LogP contribution in [0.1, 0.15) is 39.5 Å². The van der Waals surface area contributed by atoms with Gasteiger partial charge in [0.05, 0.1) is 12.5 Å². The van der Waals surface area contributed by atoms with Gasteiger partial charge in [-0.15, -0.1) is 0 Å². The Hall–Kier alpha value is -2.04. The molecule has 0 aliphatic carbocycles. The number of benzene rings is 1. The van der Waals surface area contributed by atoms with Crippen LogP contribution in [0.4, 0.5) is 5.69 Å². The summed E-state index contributed by atoms with van der Waals surface area (Å²) >= 11 is 0. The van der Waals surface area contributed by atoms with Crippen LogP contribution in [-0.4, -0.2) is 43.0 Å². The van der Waals surface area contributed by atoms with Crippen molar-refractivity contribution in [1.82, 2.24) is 4.90 Å². The smallest absolute Gasteiger partial charge is 0.228 e. The fourth-order valence-corrected chi connectivity index (χ4v) is 3.55. The molecule has 2 aliphatic heterocycles. The first kappa shape index (κ1) is 17.8. The number of anilines is 1. The normalized spacial score (nSPS) is 21.7. The predicted octanol–water partition coefficient (Wildman–Crippen LogP) is 3.09. The fraction of sp³-hybridized carbons (Fsp3) is 0.600. The van der Waals surface area contributed by atoms with E-state index in [1.165, 1.54) is 0 Å². The van der Waals surface area contributed by atoms with Crippen LogP contribution in [0.25, 0.3) is 0 Å². The Balaban J connectivity index is 1.61. The summed E-state index contributed by atoms with van der Waals surface area (Å²) < 4.78 is 5.58. The zero-order chi connectivity index (χ0) is 17.8. The van der Waals surface area contributed by atoms with Crippen molar-refractivity contribution in [3.63, 3.8) is 0 Å². The second kappa shape index (κ2) is 7.89. The number of likely N-dealkylation sites (tertiary alicyclic amines) is 1. The van der Waals surface area contributed by atoms with Gasteiger partial charge in [0, 0.05) is 31.7 Å². The highest BCUT2D eigenvalue weighted by Gasteiger charge is 2.37. The Morgan fingerprint density at radius 2 is 1.88 bits per heavy atom. The molecule has 2 amide bonds. The molecule has 0 aromatic heterocycles. The summed E-state index contributed by atoms with van der Waals surface area (Å²) in [7, 11) is 0. The third kappa shape index (κ3) is 4.14. The number of hydrogen-bond acceptors (Lipinski definition) is 3. The first-order chi connectivity index (χ1) is 12.1. The van der Waals surface area contributed by atoms with Crippen molar-refractivity contribution in [2.45, 2.75) is 39.5 Å². The molecule has 0 N–H and O–H groups in total. The van der Waals surface area contributed by atoms with Crippen molar-refractivity contribution in [3.8, 4) is 5.75 Å². The van der Waals surface area contributed by atoms with E-state index in [0.717, 1.165) is 43.8 Å². The van der Waals surface area contributed by atoms with Crippen molar-refractivity contribution >= 4 is 17.5 Å². The quantitative estimate of drug-likeness (QED) is 0.825. The summed E-state index contributed by atoms with van der Waals surface area (Å²) in [6.07, 6.45) is 3.41. The molecule has 0 saturated carbocycles. The van der Waals surface area contributed by atoms with E-state index < -0.39 is 0 Å². The van der Waals surface area contributed by atoms with Crippen LogP contribution in [0.15, 0.2) is 24.3 Å². The van der Waals surface area contributed by atoms with Gasteiger partial charge in [-0.05, 0) is 49.4 Å². The molecule has 1 atom stereocenters. The van der Waals surface area contributed by atoms with Crippen molar-refractivity contribution in [2.75, 3.05) is 31.1 Å². The van der Waals surface area contributed by atoms with Gasteiger partial charge in [0.25, 0.3) is 0 Å². The molecule has 5 heteroatoms. The Kier molecular flexibility index (Phi) is 5.61. The van der Waals surface area contributed by atoms with Crippen molar-refractivity contribution in [1.29, 1.82) is 0 Å². The lowest BCUT2D eigenvalue weighted by atomic mass is 9.97. The molecule has 0 spiro atoms. The van der Waals surface area contributed by atoms with Crippen LogP contribution in [0.5, 0.6) is 5.75 Å². The van der Waals surface area contributed by atoms with Gasteiger partial charge in [0.1, 0.15) is 5.75 Å². The minimum atomic E-state index is -0.211. The van der Waals surface area contributed by atoms with Crippen molar-refractivity contribution < 1.29 is 14.3 Å². The maximum Gasteiger partial charge on any atom is 0.228 e. The Morgan fingerprint density at radius 1 is 1.20 bits per heavy atom. The summed E-state index contributed by atoms with van der Waals surface area (Å²) in [6, 6.07) is 7.58. The summed E-state index contributed by atoms with van der Waals surface area (Å²) in [5.74, 6) is 1.47. The molecule has 25 heavy (non-hydrogen) atoms. The zero-order valence-corrected chi connectivity index (χ0v) is 15.2. The number of carbonyl (C=O) groups is 2. The second-order valence-corrected chi connectivity index (χ2v) is 7.26. The topological polar surface area (TPSA) is 49.9 Å². The Bertz CT molecular complexity index is 606. The lowest BCUT2D eigenvalue weighted by Crippen LogP contribution is -2.42. The molecule has 2 fully saturated rings. The molecule has 3 rings (SSSR count). The Morgan fingerprint density at radius 3 is 2.52 bits per heavy atom. The number of nitrogens with zero attached hydrogens (tertiary/aromatic N) is 2. The largest absolute Gasteiger partial charge is 0.494 e. The van der Waals surface area contributed by atoms with E-state index >= 15 is 0 Å². The second-order valence-electron chi connectivity index (χ2n) is 7.26. The molecular formula is C20H28N2O3. The van der Waals surface area contributed by atoms with Crippen LogP contribution in [-0.2, 0) is 9.59 Å². The molecule has 0 radical (unpaired) electrons. The van der Waals surface area contributed by atoms with E-state index in [0.29, 0.717) is 25.5 Å². The van der Waals surface area contributed by atoms with Crippen LogP contribution >= 0.6 is 0 Å². The minimum absolute atomic E-state index is 0.0333. The molecule has 0 bridgehead atoms. The number of carbonyl (C=O) groups excluding carboxylic acids is 2. The average molecular weight is 344 g/mol. The molecular weight excluding hydrogens is 316 g/mol. The fourth-order valence-electron chi connectivity index (χ4n) is 3.55. The number of hydrogen-bond donors (Lipinski definition) is 0. The molecule has 136 valence electrons. The summed E-state index contributed by atoms with van der Waals surface area (Å²) in [5.41, 5.74) is 0.844. The van der Waals surface area contributed by atoms with Gasteiger partial charge in [-0.3, -0.25) is 9.59 Å². The third-order valence-electron chi connectivity index (χ3n) is 5.19. The van der Waals surface area contributed by atoms with Gasteiger partial charge >= 0.3 is 0 Å². The first-order valence-corrected chi connectivity index (χ1v) is 9.40. The van der Waals surface area contributed by atoms with E-state index in [-0.39, 0.29) is 17.7 Å². The lowest BCUT2D eigenvalue weighted by molar-refractivity contribution is -0.137. The molecule has 1 unspecified atom stereocenters. The van der Waals surface area contributed by atoms with E-state index in [4.69, 9.17) is 4.74 Å². The molecule has 2 aliphatic rings. The van der Waals surface area contributed by atoms with Crippen LogP contribution in [0.3, 0.4) is 0 Å². The van der Waals surface area contributed by atoms with Gasteiger partial charge in [0.15, 0.2) is 0 Å². The molecule has 1 aromatic carbocycles. The average Bonchev–Trinajstić information content (AvgIpc) is 3.02. The highest BCUT2D eigenvalue weighted by Crippen LogP contribution is 2.29. The van der Waals surface area contributed by atoms with Gasteiger partial charge in [-0.25, -0.2) is 0 Å². The summed E-state index contributed by atoms with van der Waals surface area (Å²) in [4.78, 5) is 28.8. The van der Waals surface area contributed by atoms with Gasteiger partial charge < -0.3 is 14.5 Å². The molecule has 2 heterocycles. The number of piperidine rings is 1. The maximum absolute atomic E-state index is 12.7. The SMILES string of the molecule is CCCOc1ccc(N2CC(C(=O)N3CCC(C)CC3)CC2=O)cc1. The molecule has 2 saturated heterocycles. The third-order valence-corrected chi connectivity index (χ3v) is 5.19. The van der Waals surface area contributed by atoms with Crippen LogP contribution in [0, 0.1) is 11.8 Å². The lowest BCUT2D eigenvalue weighted by Gasteiger charge is -2.32.